The Labute approximate surface area is 117 Å². The Morgan fingerprint density at radius 3 is 2.11 bits per heavy atom. The molecule has 1 unspecified atom stereocenters. The molecular formula is C14H17ClN2S. The van der Waals surface area contributed by atoms with Crippen LogP contribution in [0.1, 0.15) is 41.8 Å². The first-order valence-corrected chi connectivity index (χ1v) is 7.12. The summed E-state index contributed by atoms with van der Waals surface area (Å²) in [7, 11) is 0. The lowest BCUT2D eigenvalue weighted by molar-refractivity contribution is 0.646. The van der Waals surface area contributed by atoms with E-state index in [9.17, 15) is 0 Å². The van der Waals surface area contributed by atoms with Crippen molar-refractivity contribution in [3.05, 3.63) is 56.7 Å². The maximum absolute atomic E-state index is 5.97. The Bertz CT molecular complexity index is 505. The van der Waals surface area contributed by atoms with Crippen LogP contribution >= 0.6 is 22.9 Å². The van der Waals surface area contributed by atoms with Crippen molar-refractivity contribution in [2.45, 2.75) is 25.8 Å². The average Bonchev–Trinajstić information content (AvgIpc) is 2.77. The van der Waals surface area contributed by atoms with Crippen molar-refractivity contribution in [1.82, 2.24) is 5.43 Å². The lowest BCUT2D eigenvalue weighted by atomic mass is 9.99. The maximum Gasteiger partial charge on any atom is 0.0931 e. The van der Waals surface area contributed by atoms with E-state index in [2.05, 4.69) is 43.5 Å². The van der Waals surface area contributed by atoms with Gasteiger partial charge in [0.1, 0.15) is 0 Å². The van der Waals surface area contributed by atoms with Gasteiger partial charge in [-0.15, -0.1) is 11.3 Å². The number of nitrogens with two attached hydrogens (primary N) is 1. The first kappa shape index (κ1) is 13.6. The zero-order valence-electron chi connectivity index (χ0n) is 10.5. The Morgan fingerprint density at radius 2 is 1.67 bits per heavy atom. The molecule has 0 aliphatic rings. The molecule has 1 heterocycles. The molecule has 0 saturated carbocycles. The maximum atomic E-state index is 5.97. The standard InChI is InChI=1S/C14H17ClN2S/c1-9(2)10-3-5-11(6-4-10)14(17-16)12-7-8-13(15)18-12/h3-9,14,17H,16H2,1-2H3. The van der Waals surface area contributed by atoms with E-state index in [4.69, 9.17) is 17.4 Å². The third kappa shape index (κ3) is 2.93. The minimum Gasteiger partial charge on any atom is -0.271 e. The van der Waals surface area contributed by atoms with Crippen LogP contribution in [0.3, 0.4) is 0 Å². The summed E-state index contributed by atoms with van der Waals surface area (Å²) in [5, 5.41) is 0. The van der Waals surface area contributed by atoms with Gasteiger partial charge in [-0.05, 0) is 29.2 Å². The number of hydrogen-bond acceptors (Lipinski definition) is 3. The van der Waals surface area contributed by atoms with Crippen LogP contribution in [0.25, 0.3) is 0 Å². The molecule has 0 fully saturated rings. The second-order valence-electron chi connectivity index (χ2n) is 4.56. The Kier molecular flexibility index (Phi) is 4.40. The smallest absolute Gasteiger partial charge is 0.0931 e. The fraction of sp³-hybridized carbons (Fsp3) is 0.286. The van der Waals surface area contributed by atoms with Crippen molar-refractivity contribution in [2.24, 2.45) is 5.84 Å². The normalized spacial score (nSPS) is 12.9. The molecule has 0 saturated heterocycles. The first-order chi connectivity index (χ1) is 8.61. The largest absolute Gasteiger partial charge is 0.271 e. The lowest BCUT2D eigenvalue weighted by Crippen LogP contribution is -2.28. The van der Waals surface area contributed by atoms with Gasteiger partial charge in [0.05, 0.1) is 10.4 Å². The fourth-order valence-corrected chi connectivity index (χ4v) is 3.05. The molecule has 2 nitrogen and oxygen atoms in total. The number of benzene rings is 1. The Morgan fingerprint density at radius 1 is 1.06 bits per heavy atom. The minimum absolute atomic E-state index is 0.00344. The van der Waals surface area contributed by atoms with E-state index in [1.807, 2.05) is 12.1 Å². The van der Waals surface area contributed by atoms with E-state index >= 15 is 0 Å². The van der Waals surface area contributed by atoms with Crippen LogP contribution in [0.2, 0.25) is 4.34 Å². The second-order valence-corrected chi connectivity index (χ2v) is 6.31. The molecule has 3 N–H and O–H groups in total. The third-order valence-electron chi connectivity index (χ3n) is 2.98. The van der Waals surface area contributed by atoms with Gasteiger partial charge in [-0.3, -0.25) is 5.84 Å². The molecule has 18 heavy (non-hydrogen) atoms. The van der Waals surface area contributed by atoms with E-state index in [0.29, 0.717) is 5.92 Å². The van der Waals surface area contributed by atoms with Crippen LogP contribution in [0.15, 0.2) is 36.4 Å². The van der Waals surface area contributed by atoms with Crippen molar-refractivity contribution in [1.29, 1.82) is 0 Å². The van der Waals surface area contributed by atoms with Gasteiger partial charge in [-0.1, -0.05) is 49.7 Å². The molecule has 1 aromatic carbocycles. The highest BCUT2D eigenvalue weighted by atomic mass is 35.5. The van der Waals surface area contributed by atoms with Gasteiger partial charge < -0.3 is 0 Å². The number of nitrogens with one attached hydrogen (secondary N) is 1. The first-order valence-electron chi connectivity index (χ1n) is 5.93. The van der Waals surface area contributed by atoms with E-state index in [0.717, 1.165) is 14.8 Å². The highest BCUT2D eigenvalue weighted by Crippen LogP contribution is 2.31. The minimum atomic E-state index is 0.00344. The zero-order valence-corrected chi connectivity index (χ0v) is 12.1. The van der Waals surface area contributed by atoms with Crippen LogP contribution in [0.4, 0.5) is 0 Å². The molecule has 0 aliphatic heterocycles. The van der Waals surface area contributed by atoms with E-state index in [-0.39, 0.29) is 6.04 Å². The van der Waals surface area contributed by atoms with Crippen molar-refractivity contribution in [3.63, 3.8) is 0 Å². The molecule has 0 radical (unpaired) electrons. The van der Waals surface area contributed by atoms with Crippen molar-refractivity contribution in [2.75, 3.05) is 0 Å². The predicted molar refractivity (Wildman–Crippen MR) is 79.0 cm³/mol. The van der Waals surface area contributed by atoms with Crippen LogP contribution < -0.4 is 11.3 Å². The van der Waals surface area contributed by atoms with E-state index in [1.54, 1.807) is 11.3 Å². The Hall–Kier alpha value is -0.870. The second kappa shape index (κ2) is 5.85. The Balaban J connectivity index is 2.28. The molecular weight excluding hydrogens is 264 g/mol. The molecule has 0 spiro atoms. The van der Waals surface area contributed by atoms with Gasteiger partial charge in [0, 0.05) is 4.88 Å². The van der Waals surface area contributed by atoms with Crippen LogP contribution in [-0.4, -0.2) is 0 Å². The van der Waals surface area contributed by atoms with Crippen molar-refractivity contribution < 1.29 is 0 Å². The van der Waals surface area contributed by atoms with Gasteiger partial charge in [-0.25, -0.2) is 5.43 Å². The number of hydrazine groups is 1. The number of thiophene rings is 1. The van der Waals surface area contributed by atoms with Crippen LogP contribution in [-0.2, 0) is 0 Å². The third-order valence-corrected chi connectivity index (χ3v) is 4.28. The zero-order chi connectivity index (χ0) is 13.1. The highest BCUT2D eigenvalue weighted by molar-refractivity contribution is 7.16. The monoisotopic (exact) mass is 280 g/mol. The summed E-state index contributed by atoms with van der Waals surface area (Å²) < 4.78 is 0.782. The van der Waals surface area contributed by atoms with E-state index in [1.165, 1.54) is 5.56 Å². The molecule has 1 aromatic heterocycles. The topological polar surface area (TPSA) is 38.0 Å². The SMILES string of the molecule is CC(C)c1ccc(C(NN)c2ccc(Cl)s2)cc1. The van der Waals surface area contributed by atoms with Gasteiger partial charge in [0.25, 0.3) is 0 Å². The van der Waals surface area contributed by atoms with Crippen molar-refractivity contribution in [3.8, 4) is 0 Å². The molecule has 2 rings (SSSR count). The van der Waals surface area contributed by atoms with Gasteiger partial charge >= 0.3 is 0 Å². The molecule has 2 aromatic rings. The summed E-state index contributed by atoms with van der Waals surface area (Å²) in [6.07, 6.45) is 0. The molecule has 0 bridgehead atoms. The highest BCUT2D eigenvalue weighted by Gasteiger charge is 2.14. The molecule has 1 atom stereocenters. The summed E-state index contributed by atoms with van der Waals surface area (Å²) in [5.41, 5.74) is 5.33. The lowest BCUT2D eigenvalue weighted by Gasteiger charge is -2.15. The van der Waals surface area contributed by atoms with Gasteiger partial charge in [0.15, 0.2) is 0 Å². The van der Waals surface area contributed by atoms with E-state index < -0.39 is 0 Å². The van der Waals surface area contributed by atoms with Gasteiger partial charge in [0.2, 0.25) is 0 Å². The quantitative estimate of drug-likeness (QED) is 0.654. The summed E-state index contributed by atoms with van der Waals surface area (Å²) in [5.74, 6) is 6.20. The number of halogens is 1. The number of hydrogen-bond donors (Lipinski definition) is 2. The summed E-state index contributed by atoms with van der Waals surface area (Å²) >= 11 is 7.51. The van der Waals surface area contributed by atoms with Crippen LogP contribution in [0, 0.1) is 0 Å². The van der Waals surface area contributed by atoms with Crippen molar-refractivity contribution >= 4 is 22.9 Å². The van der Waals surface area contributed by atoms with Gasteiger partial charge in [-0.2, -0.15) is 0 Å². The molecule has 4 heteroatoms. The summed E-state index contributed by atoms with van der Waals surface area (Å²) in [6, 6.07) is 12.5. The molecule has 0 aliphatic carbocycles. The molecule has 0 amide bonds. The van der Waals surface area contributed by atoms with Crippen LogP contribution in [0.5, 0.6) is 0 Å². The average molecular weight is 281 g/mol. The summed E-state index contributed by atoms with van der Waals surface area (Å²) in [6.45, 7) is 4.37. The predicted octanol–water partition coefficient (Wildman–Crippen LogP) is 4.08. The summed E-state index contributed by atoms with van der Waals surface area (Å²) in [4.78, 5) is 1.12. The molecule has 96 valence electrons. The fourth-order valence-electron chi connectivity index (χ4n) is 1.90. The number of rotatable bonds is 4.